The second kappa shape index (κ2) is 9.04. The lowest BCUT2D eigenvalue weighted by Crippen LogP contribution is -2.35. The van der Waals surface area contributed by atoms with Gasteiger partial charge in [0.15, 0.2) is 10.3 Å². The molecular formula is C21H13ClF2N4O4S. The average molecular weight is 491 g/mol. The highest BCUT2D eigenvalue weighted by atomic mass is 35.5. The standard InChI is InChI=1S/C21H13ClF2N4O4S/c1-10(20(30)31)28(14-7-5-12(23)6-8-14)21-25-17(22)16(33-21)15(29)19-26-18(27-32-19)11-3-2-4-13(24)9-11/h2-10H,1H3,(H,30,31). The fourth-order valence-electron chi connectivity index (χ4n) is 2.90. The Kier molecular flexibility index (Phi) is 6.16. The Morgan fingerprint density at radius 3 is 2.52 bits per heavy atom. The fraction of sp³-hybridized carbons (Fsp3) is 0.0952. The van der Waals surface area contributed by atoms with Crippen molar-refractivity contribution in [3.8, 4) is 11.4 Å². The number of aliphatic carboxylic acids is 1. The van der Waals surface area contributed by atoms with Crippen molar-refractivity contribution < 1.29 is 28.0 Å². The zero-order chi connectivity index (χ0) is 23.7. The van der Waals surface area contributed by atoms with E-state index >= 15 is 0 Å². The summed E-state index contributed by atoms with van der Waals surface area (Å²) in [5.74, 6) is -3.30. The third-order valence-electron chi connectivity index (χ3n) is 4.54. The number of carbonyl (C=O) groups excluding carboxylic acids is 1. The second-order valence-electron chi connectivity index (χ2n) is 6.74. The summed E-state index contributed by atoms with van der Waals surface area (Å²) >= 11 is 6.99. The molecule has 0 amide bonds. The van der Waals surface area contributed by atoms with E-state index in [0.717, 1.165) is 11.3 Å². The highest BCUT2D eigenvalue weighted by molar-refractivity contribution is 7.18. The van der Waals surface area contributed by atoms with Crippen molar-refractivity contribution in [1.29, 1.82) is 0 Å². The predicted molar refractivity (Wildman–Crippen MR) is 116 cm³/mol. The number of aromatic nitrogens is 3. The number of carboxylic acids is 1. The first-order valence-corrected chi connectivity index (χ1v) is 10.5. The van der Waals surface area contributed by atoms with Crippen molar-refractivity contribution in [2.24, 2.45) is 0 Å². The summed E-state index contributed by atoms with van der Waals surface area (Å²) in [6.07, 6.45) is 0. The number of carboxylic acid groups (broad SMARTS) is 1. The first kappa shape index (κ1) is 22.5. The maximum absolute atomic E-state index is 13.5. The molecule has 0 aliphatic rings. The third kappa shape index (κ3) is 4.59. The summed E-state index contributed by atoms with van der Waals surface area (Å²) in [5.41, 5.74) is 0.647. The van der Waals surface area contributed by atoms with E-state index in [4.69, 9.17) is 16.1 Å². The highest BCUT2D eigenvalue weighted by Crippen LogP contribution is 2.36. The van der Waals surface area contributed by atoms with Gasteiger partial charge in [-0.05, 0) is 43.3 Å². The van der Waals surface area contributed by atoms with Gasteiger partial charge in [0.25, 0.3) is 11.7 Å². The molecule has 1 atom stereocenters. The molecule has 2 heterocycles. The summed E-state index contributed by atoms with van der Waals surface area (Å²) in [6.45, 7) is 1.41. The molecule has 0 fully saturated rings. The molecule has 2 aromatic heterocycles. The Bertz CT molecular complexity index is 1340. The molecule has 8 nitrogen and oxygen atoms in total. The number of anilines is 2. The van der Waals surface area contributed by atoms with Gasteiger partial charge in [-0.2, -0.15) is 4.98 Å². The molecule has 168 valence electrons. The highest BCUT2D eigenvalue weighted by Gasteiger charge is 2.30. The molecule has 2 aromatic carbocycles. The van der Waals surface area contributed by atoms with E-state index in [2.05, 4.69) is 15.1 Å². The molecule has 0 aliphatic carbocycles. The molecule has 1 unspecified atom stereocenters. The van der Waals surface area contributed by atoms with Crippen LogP contribution in [0.5, 0.6) is 0 Å². The van der Waals surface area contributed by atoms with Gasteiger partial charge in [0.05, 0.1) is 0 Å². The van der Waals surface area contributed by atoms with Crippen molar-refractivity contribution in [3.05, 3.63) is 76.1 Å². The molecule has 1 N–H and O–H groups in total. The minimum atomic E-state index is -1.17. The second-order valence-corrected chi connectivity index (χ2v) is 8.08. The van der Waals surface area contributed by atoms with Crippen LogP contribution in [0.3, 0.4) is 0 Å². The fourth-order valence-corrected chi connectivity index (χ4v) is 4.23. The number of halogens is 3. The average Bonchev–Trinajstić information content (AvgIpc) is 3.42. The van der Waals surface area contributed by atoms with Gasteiger partial charge in [-0.1, -0.05) is 40.2 Å². The molecule has 0 spiro atoms. The lowest BCUT2D eigenvalue weighted by Gasteiger charge is -2.25. The number of carbonyl (C=O) groups is 2. The number of ketones is 1. The van der Waals surface area contributed by atoms with Crippen molar-refractivity contribution in [2.45, 2.75) is 13.0 Å². The first-order chi connectivity index (χ1) is 15.7. The van der Waals surface area contributed by atoms with Crippen LogP contribution in [0.2, 0.25) is 5.15 Å². The van der Waals surface area contributed by atoms with Crippen LogP contribution in [0.4, 0.5) is 19.6 Å². The van der Waals surface area contributed by atoms with E-state index < -0.39 is 35.3 Å². The number of hydrogen-bond donors (Lipinski definition) is 1. The lowest BCUT2D eigenvalue weighted by atomic mass is 10.2. The van der Waals surface area contributed by atoms with Gasteiger partial charge in [-0.15, -0.1) is 0 Å². The van der Waals surface area contributed by atoms with Gasteiger partial charge in [-0.25, -0.2) is 18.6 Å². The Balaban J connectivity index is 1.69. The smallest absolute Gasteiger partial charge is 0.326 e. The van der Waals surface area contributed by atoms with Crippen LogP contribution in [-0.2, 0) is 4.79 Å². The molecule has 4 aromatic rings. The molecular weight excluding hydrogens is 478 g/mol. The predicted octanol–water partition coefficient (Wildman–Crippen LogP) is 4.97. The quantitative estimate of drug-likeness (QED) is 0.362. The van der Waals surface area contributed by atoms with Gasteiger partial charge in [-0.3, -0.25) is 4.79 Å². The molecule has 12 heteroatoms. The minimum Gasteiger partial charge on any atom is -0.480 e. The summed E-state index contributed by atoms with van der Waals surface area (Å²) < 4.78 is 31.8. The lowest BCUT2D eigenvalue weighted by molar-refractivity contribution is -0.138. The largest absolute Gasteiger partial charge is 0.480 e. The van der Waals surface area contributed by atoms with Gasteiger partial charge in [0.2, 0.25) is 5.82 Å². The van der Waals surface area contributed by atoms with E-state index in [-0.39, 0.29) is 21.0 Å². The van der Waals surface area contributed by atoms with Crippen LogP contribution >= 0.6 is 22.9 Å². The Morgan fingerprint density at radius 1 is 1.12 bits per heavy atom. The van der Waals surface area contributed by atoms with E-state index in [1.54, 1.807) is 6.07 Å². The first-order valence-electron chi connectivity index (χ1n) is 9.33. The van der Waals surface area contributed by atoms with Gasteiger partial charge in [0, 0.05) is 11.3 Å². The maximum Gasteiger partial charge on any atom is 0.326 e. The van der Waals surface area contributed by atoms with Crippen molar-refractivity contribution in [2.75, 3.05) is 4.90 Å². The number of benzene rings is 2. The van der Waals surface area contributed by atoms with Crippen LogP contribution in [0.1, 0.15) is 22.5 Å². The van der Waals surface area contributed by atoms with E-state index in [0.29, 0.717) is 11.3 Å². The molecule has 0 aliphatic heterocycles. The third-order valence-corrected chi connectivity index (χ3v) is 5.98. The van der Waals surface area contributed by atoms with Crippen LogP contribution in [-0.4, -0.2) is 38.0 Å². The molecule has 0 bridgehead atoms. The normalized spacial score (nSPS) is 11.9. The van der Waals surface area contributed by atoms with Gasteiger partial charge < -0.3 is 14.5 Å². The molecule has 33 heavy (non-hydrogen) atoms. The summed E-state index contributed by atoms with van der Waals surface area (Å²) in [6, 6.07) is 9.45. The van der Waals surface area contributed by atoms with Crippen LogP contribution in [0, 0.1) is 11.6 Å². The summed E-state index contributed by atoms with van der Waals surface area (Å²) in [4.78, 5) is 34.0. The Morgan fingerprint density at radius 2 is 1.85 bits per heavy atom. The van der Waals surface area contributed by atoms with Crippen LogP contribution < -0.4 is 4.90 Å². The molecule has 4 rings (SSSR count). The minimum absolute atomic E-state index is 0.00569. The summed E-state index contributed by atoms with van der Waals surface area (Å²) in [5, 5.41) is 13.1. The molecule has 0 saturated heterocycles. The zero-order valence-electron chi connectivity index (χ0n) is 16.7. The van der Waals surface area contributed by atoms with Crippen molar-refractivity contribution in [3.63, 3.8) is 0 Å². The van der Waals surface area contributed by atoms with E-state index in [1.807, 2.05) is 0 Å². The number of nitrogens with zero attached hydrogens (tertiary/aromatic N) is 4. The zero-order valence-corrected chi connectivity index (χ0v) is 18.3. The Hall–Kier alpha value is -3.70. The van der Waals surface area contributed by atoms with E-state index in [9.17, 15) is 23.5 Å². The number of hydrogen-bond acceptors (Lipinski definition) is 8. The Labute approximate surface area is 194 Å². The molecule has 0 saturated carbocycles. The molecule has 0 radical (unpaired) electrons. The van der Waals surface area contributed by atoms with Crippen molar-refractivity contribution in [1.82, 2.24) is 15.1 Å². The van der Waals surface area contributed by atoms with E-state index in [1.165, 1.54) is 54.3 Å². The number of rotatable bonds is 7. The SMILES string of the molecule is CC(C(=O)O)N(c1ccc(F)cc1)c1nc(Cl)c(C(=O)c2nc(-c3cccc(F)c3)no2)s1. The monoisotopic (exact) mass is 490 g/mol. The van der Waals surface area contributed by atoms with Crippen LogP contribution in [0.25, 0.3) is 11.4 Å². The maximum atomic E-state index is 13.5. The summed E-state index contributed by atoms with van der Waals surface area (Å²) in [7, 11) is 0. The van der Waals surface area contributed by atoms with Crippen LogP contribution in [0.15, 0.2) is 53.1 Å². The van der Waals surface area contributed by atoms with Gasteiger partial charge >= 0.3 is 5.97 Å². The number of thiazole rings is 1. The topological polar surface area (TPSA) is 109 Å². The van der Waals surface area contributed by atoms with Gasteiger partial charge in [0.1, 0.15) is 22.6 Å². The van der Waals surface area contributed by atoms with Crippen molar-refractivity contribution >= 4 is 45.5 Å².